The number of hydrogen-bond acceptors (Lipinski definition) is 5. The lowest BCUT2D eigenvalue weighted by Crippen LogP contribution is -2.04. The Hall–Kier alpha value is -3.81. The lowest BCUT2D eigenvalue weighted by Gasteiger charge is -2.09. The van der Waals surface area contributed by atoms with Gasteiger partial charge in [-0.15, -0.1) is 0 Å². The maximum Gasteiger partial charge on any atom is 0.167 e. The summed E-state index contributed by atoms with van der Waals surface area (Å²) >= 11 is 0. The molecule has 0 saturated carbocycles. The summed E-state index contributed by atoms with van der Waals surface area (Å²) in [6.07, 6.45) is 10.7. The first-order chi connectivity index (χ1) is 14.3. The van der Waals surface area contributed by atoms with Gasteiger partial charge in [-0.3, -0.25) is 0 Å². The number of para-hydroxylation sites is 1. The molecular formula is C21H20N8. The second-order valence-electron chi connectivity index (χ2n) is 6.75. The molecule has 29 heavy (non-hydrogen) atoms. The average molecular weight is 384 g/mol. The number of aryl methyl sites for hydroxylation is 3. The van der Waals surface area contributed by atoms with Crippen LogP contribution < -0.4 is 0 Å². The number of aromatic nitrogens is 8. The van der Waals surface area contributed by atoms with Crippen molar-refractivity contribution in [3.8, 4) is 17.1 Å². The third kappa shape index (κ3) is 3.18. The number of imidazole rings is 1. The van der Waals surface area contributed by atoms with Gasteiger partial charge in [-0.2, -0.15) is 19.9 Å². The molecule has 8 nitrogen and oxygen atoms in total. The Kier molecular flexibility index (Phi) is 4.36. The molecule has 4 aromatic heterocycles. The highest BCUT2D eigenvalue weighted by Gasteiger charge is 2.19. The van der Waals surface area contributed by atoms with Crippen molar-refractivity contribution in [2.45, 2.75) is 26.3 Å². The minimum Gasteiger partial charge on any atom is -0.337 e. The number of rotatable bonds is 6. The average Bonchev–Trinajstić information content (AvgIpc) is 3.51. The monoisotopic (exact) mass is 384 g/mol. The van der Waals surface area contributed by atoms with E-state index in [0.717, 1.165) is 41.4 Å². The summed E-state index contributed by atoms with van der Waals surface area (Å²) in [6, 6.07) is 12.2. The van der Waals surface area contributed by atoms with E-state index in [4.69, 9.17) is 10.1 Å². The van der Waals surface area contributed by atoms with Crippen LogP contribution in [0.2, 0.25) is 0 Å². The zero-order chi connectivity index (χ0) is 19.6. The molecule has 0 aliphatic rings. The lowest BCUT2D eigenvalue weighted by molar-refractivity contribution is 0.667. The molecule has 0 aliphatic carbocycles. The van der Waals surface area contributed by atoms with E-state index < -0.39 is 0 Å². The van der Waals surface area contributed by atoms with Gasteiger partial charge in [0.2, 0.25) is 0 Å². The van der Waals surface area contributed by atoms with Crippen LogP contribution >= 0.6 is 0 Å². The summed E-state index contributed by atoms with van der Waals surface area (Å²) in [6.45, 7) is 2.92. The Balaban J connectivity index is 1.63. The van der Waals surface area contributed by atoms with E-state index in [0.29, 0.717) is 6.42 Å². The Bertz CT molecular complexity index is 1250. The molecule has 0 fully saturated rings. The molecule has 0 radical (unpaired) electrons. The van der Waals surface area contributed by atoms with Crippen LogP contribution in [-0.2, 0) is 19.4 Å². The molecule has 0 atom stereocenters. The summed E-state index contributed by atoms with van der Waals surface area (Å²) in [5.74, 6) is 1.55. The first-order valence-electron chi connectivity index (χ1n) is 9.63. The maximum absolute atomic E-state index is 4.89. The van der Waals surface area contributed by atoms with Crippen LogP contribution in [0.4, 0.5) is 0 Å². The Labute approximate surface area is 167 Å². The van der Waals surface area contributed by atoms with Crippen molar-refractivity contribution in [3.05, 3.63) is 78.9 Å². The molecule has 0 spiro atoms. The van der Waals surface area contributed by atoms with Crippen LogP contribution in [-0.4, -0.2) is 39.1 Å². The van der Waals surface area contributed by atoms with Gasteiger partial charge in [0.05, 0.1) is 29.3 Å². The fraction of sp³-hybridized carbons (Fsp3) is 0.190. The van der Waals surface area contributed by atoms with E-state index in [-0.39, 0.29) is 0 Å². The van der Waals surface area contributed by atoms with E-state index in [1.807, 2.05) is 33.6 Å². The van der Waals surface area contributed by atoms with Crippen LogP contribution in [0.25, 0.3) is 22.6 Å². The number of benzene rings is 1. The fourth-order valence-corrected chi connectivity index (χ4v) is 3.47. The van der Waals surface area contributed by atoms with E-state index in [9.17, 15) is 0 Å². The van der Waals surface area contributed by atoms with E-state index in [2.05, 4.69) is 40.3 Å². The van der Waals surface area contributed by atoms with Gasteiger partial charge in [-0.05, 0) is 30.2 Å². The molecule has 0 bridgehead atoms. The highest BCUT2D eigenvalue weighted by atomic mass is 15.4. The standard InChI is InChI=1S/C21H20N8/c1-2-16-6-3-4-7-18(16)28-21(17-14-24-29-19(17)8-5-10-23-29)25-20(26-28)9-12-27-13-11-22-15-27/h3-8,10-11,13-15H,2,9,12H2,1H3. The number of nitrogens with zero attached hydrogens (tertiary/aromatic N) is 8. The molecule has 0 aliphatic heterocycles. The van der Waals surface area contributed by atoms with Gasteiger partial charge in [0.25, 0.3) is 0 Å². The minimum absolute atomic E-state index is 0.710. The lowest BCUT2D eigenvalue weighted by atomic mass is 10.1. The summed E-state index contributed by atoms with van der Waals surface area (Å²) in [5, 5.41) is 13.5. The molecule has 4 heterocycles. The van der Waals surface area contributed by atoms with Crippen molar-refractivity contribution < 1.29 is 0 Å². The molecular weight excluding hydrogens is 364 g/mol. The number of fused-ring (bicyclic) bond motifs is 1. The molecule has 1 aromatic carbocycles. The van der Waals surface area contributed by atoms with E-state index in [1.54, 1.807) is 29.5 Å². The van der Waals surface area contributed by atoms with Crippen molar-refractivity contribution in [3.63, 3.8) is 0 Å². The fourth-order valence-electron chi connectivity index (χ4n) is 3.47. The zero-order valence-corrected chi connectivity index (χ0v) is 16.0. The smallest absolute Gasteiger partial charge is 0.167 e. The predicted octanol–water partition coefficient (Wildman–Crippen LogP) is 2.98. The topological polar surface area (TPSA) is 78.7 Å². The van der Waals surface area contributed by atoms with Gasteiger partial charge in [-0.1, -0.05) is 25.1 Å². The van der Waals surface area contributed by atoms with Crippen LogP contribution in [0, 0.1) is 0 Å². The molecule has 8 heteroatoms. The van der Waals surface area contributed by atoms with Crippen molar-refractivity contribution in [2.24, 2.45) is 0 Å². The van der Waals surface area contributed by atoms with Crippen LogP contribution in [0.5, 0.6) is 0 Å². The third-order valence-electron chi connectivity index (χ3n) is 4.95. The molecule has 144 valence electrons. The van der Waals surface area contributed by atoms with Crippen molar-refractivity contribution in [1.82, 2.24) is 39.1 Å². The van der Waals surface area contributed by atoms with Crippen molar-refractivity contribution >= 4 is 5.52 Å². The predicted molar refractivity (Wildman–Crippen MR) is 109 cm³/mol. The van der Waals surface area contributed by atoms with E-state index >= 15 is 0 Å². The van der Waals surface area contributed by atoms with Gasteiger partial charge < -0.3 is 4.57 Å². The Morgan fingerprint density at radius 1 is 1.00 bits per heavy atom. The first kappa shape index (κ1) is 17.3. The zero-order valence-electron chi connectivity index (χ0n) is 16.0. The molecule has 0 amide bonds. The third-order valence-corrected chi connectivity index (χ3v) is 4.95. The van der Waals surface area contributed by atoms with Gasteiger partial charge >= 0.3 is 0 Å². The molecule has 5 rings (SSSR count). The van der Waals surface area contributed by atoms with Crippen LogP contribution in [0.1, 0.15) is 18.3 Å². The largest absolute Gasteiger partial charge is 0.337 e. The van der Waals surface area contributed by atoms with Gasteiger partial charge in [-0.25, -0.2) is 14.6 Å². The molecule has 0 saturated heterocycles. The van der Waals surface area contributed by atoms with Gasteiger partial charge in [0.15, 0.2) is 11.6 Å². The normalized spacial score (nSPS) is 11.3. The van der Waals surface area contributed by atoms with E-state index in [1.165, 1.54) is 5.56 Å². The van der Waals surface area contributed by atoms with Gasteiger partial charge in [0.1, 0.15) is 0 Å². The van der Waals surface area contributed by atoms with Crippen molar-refractivity contribution in [1.29, 1.82) is 0 Å². The Morgan fingerprint density at radius 3 is 2.79 bits per heavy atom. The second kappa shape index (κ2) is 7.31. The minimum atomic E-state index is 0.710. The first-order valence-corrected chi connectivity index (χ1v) is 9.63. The summed E-state index contributed by atoms with van der Waals surface area (Å²) in [4.78, 5) is 8.99. The molecule has 5 aromatic rings. The quantitative estimate of drug-likeness (QED) is 0.450. The maximum atomic E-state index is 4.89. The van der Waals surface area contributed by atoms with Crippen LogP contribution in [0.3, 0.4) is 0 Å². The summed E-state index contributed by atoms with van der Waals surface area (Å²) < 4.78 is 5.58. The molecule has 0 unspecified atom stereocenters. The highest BCUT2D eigenvalue weighted by Crippen LogP contribution is 2.26. The van der Waals surface area contributed by atoms with Gasteiger partial charge in [0, 0.05) is 31.6 Å². The van der Waals surface area contributed by atoms with Crippen LogP contribution in [0.15, 0.2) is 67.5 Å². The molecule has 0 N–H and O–H groups in total. The SMILES string of the molecule is CCc1ccccc1-n1nc(CCn2ccnc2)nc1-c1cnn2ncccc12. The van der Waals surface area contributed by atoms with Crippen molar-refractivity contribution in [2.75, 3.05) is 0 Å². The summed E-state index contributed by atoms with van der Waals surface area (Å²) in [5.41, 5.74) is 4.06. The highest BCUT2D eigenvalue weighted by molar-refractivity contribution is 5.76. The Morgan fingerprint density at radius 2 is 1.93 bits per heavy atom. The second-order valence-corrected chi connectivity index (χ2v) is 6.75. The number of hydrogen-bond donors (Lipinski definition) is 0. The summed E-state index contributed by atoms with van der Waals surface area (Å²) in [7, 11) is 0.